The van der Waals surface area contributed by atoms with Crippen molar-refractivity contribution in [3.05, 3.63) is 41.3 Å². The maximum Gasteiger partial charge on any atom is 0.451 e. The van der Waals surface area contributed by atoms with E-state index in [9.17, 15) is 26.3 Å². The Morgan fingerprint density at radius 2 is 1.61 bits per heavy atom. The topological polar surface area (TPSA) is 26.0 Å². The van der Waals surface area contributed by atoms with Crippen LogP contribution in [0.5, 0.6) is 0 Å². The molecule has 2 aromatic rings. The van der Waals surface area contributed by atoms with Crippen molar-refractivity contribution in [3.8, 4) is 11.5 Å². The van der Waals surface area contributed by atoms with Crippen LogP contribution in [0.2, 0.25) is 0 Å². The summed E-state index contributed by atoms with van der Waals surface area (Å²) in [6.07, 6.45) is -9.38. The van der Waals surface area contributed by atoms with Crippen molar-refractivity contribution in [2.24, 2.45) is 0 Å². The van der Waals surface area contributed by atoms with Gasteiger partial charge in [-0.05, 0) is 24.6 Å². The summed E-state index contributed by atoms with van der Waals surface area (Å²) in [5.74, 6) is -1.76. The molecule has 0 fully saturated rings. The molecule has 2 rings (SSSR count). The first-order chi connectivity index (χ1) is 10.6. The molecule has 0 saturated carbocycles. The van der Waals surface area contributed by atoms with Gasteiger partial charge in [-0.15, -0.1) is 0 Å². The number of benzene rings is 1. The van der Waals surface area contributed by atoms with E-state index in [2.05, 4.69) is 9.40 Å². The summed E-state index contributed by atoms with van der Waals surface area (Å²) in [5.41, 5.74) is -1.48. The fourth-order valence-corrected chi connectivity index (χ4v) is 1.76. The Morgan fingerprint density at radius 3 is 2.04 bits per heavy atom. The maximum absolute atomic E-state index is 12.7. The van der Waals surface area contributed by atoms with Gasteiger partial charge in [0.1, 0.15) is 0 Å². The Morgan fingerprint density at radius 1 is 1.00 bits per heavy atom. The molecule has 0 radical (unpaired) electrons. The predicted octanol–water partition coefficient (Wildman–Crippen LogP) is 5.97. The van der Waals surface area contributed by atoms with E-state index < -0.39 is 29.6 Å². The monoisotopic (exact) mass is 339 g/mol. The van der Waals surface area contributed by atoms with Gasteiger partial charge in [0.05, 0.1) is 11.3 Å². The molecule has 0 atom stereocenters. The van der Waals surface area contributed by atoms with Crippen LogP contribution in [-0.4, -0.2) is 4.98 Å². The summed E-state index contributed by atoms with van der Waals surface area (Å²) in [6.45, 7) is 5.45. The summed E-state index contributed by atoms with van der Waals surface area (Å²) in [4.78, 5) is 3.63. The minimum atomic E-state index is -4.74. The first-order valence-electron chi connectivity index (χ1n) is 6.87. The minimum Gasteiger partial charge on any atom is -0.431 e. The third-order valence-corrected chi connectivity index (χ3v) is 2.73. The lowest BCUT2D eigenvalue weighted by molar-refractivity contribution is -0.153. The summed E-state index contributed by atoms with van der Waals surface area (Å²) in [7, 11) is 0. The van der Waals surface area contributed by atoms with Crippen molar-refractivity contribution < 1.29 is 30.8 Å². The third-order valence-electron chi connectivity index (χ3n) is 2.73. The number of hydrogen-bond acceptors (Lipinski definition) is 2. The third kappa shape index (κ3) is 4.49. The second-order valence-corrected chi connectivity index (χ2v) is 4.22. The van der Waals surface area contributed by atoms with E-state index in [0.29, 0.717) is 6.07 Å². The van der Waals surface area contributed by atoms with Crippen LogP contribution >= 0.6 is 0 Å². The van der Waals surface area contributed by atoms with Crippen molar-refractivity contribution >= 4 is 0 Å². The van der Waals surface area contributed by atoms with E-state index in [-0.39, 0.29) is 17.7 Å². The average Bonchev–Trinajstić information content (AvgIpc) is 2.93. The second kappa shape index (κ2) is 7.06. The highest BCUT2D eigenvalue weighted by Gasteiger charge is 2.39. The second-order valence-electron chi connectivity index (χ2n) is 4.22. The molecule has 1 aromatic heterocycles. The molecule has 0 unspecified atom stereocenters. The van der Waals surface area contributed by atoms with Gasteiger partial charge in [-0.3, -0.25) is 0 Å². The van der Waals surface area contributed by atoms with Crippen LogP contribution in [0.25, 0.3) is 11.5 Å². The zero-order chi connectivity index (χ0) is 17.8. The first-order valence-corrected chi connectivity index (χ1v) is 6.87. The molecule has 0 aliphatic rings. The fourth-order valence-electron chi connectivity index (χ4n) is 1.76. The zero-order valence-electron chi connectivity index (χ0n) is 12.6. The van der Waals surface area contributed by atoms with E-state index >= 15 is 0 Å². The Hall–Kier alpha value is -1.99. The SMILES string of the molecule is CC.CCc1nc(-c2cccc(C(F)(F)F)c2)oc1C(F)(F)F. The summed E-state index contributed by atoms with van der Waals surface area (Å²) in [6, 6.07) is 3.81. The van der Waals surface area contributed by atoms with Gasteiger partial charge < -0.3 is 4.42 Å². The van der Waals surface area contributed by atoms with Crippen molar-refractivity contribution in [3.63, 3.8) is 0 Å². The molecule has 0 saturated heterocycles. The van der Waals surface area contributed by atoms with Crippen LogP contribution in [-0.2, 0) is 18.8 Å². The number of alkyl halides is 6. The lowest BCUT2D eigenvalue weighted by Gasteiger charge is -2.07. The van der Waals surface area contributed by atoms with E-state index in [4.69, 9.17) is 0 Å². The van der Waals surface area contributed by atoms with Gasteiger partial charge in [0.15, 0.2) is 0 Å². The summed E-state index contributed by atoms with van der Waals surface area (Å²) in [5, 5.41) is 0. The zero-order valence-corrected chi connectivity index (χ0v) is 12.6. The molecule has 0 amide bonds. The average molecular weight is 339 g/mol. The quantitative estimate of drug-likeness (QED) is 0.630. The van der Waals surface area contributed by atoms with E-state index in [1.165, 1.54) is 13.0 Å². The molecule has 0 N–H and O–H groups in total. The molecule has 128 valence electrons. The number of rotatable bonds is 2. The predicted molar refractivity (Wildman–Crippen MR) is 72.7 cm³/mol. The molecule has 1 heterocycles. The molecular formula is C15H15F6NO. The van der Waals surface area contributed by atoms with Crippen LogP contribution in [0.4, 0.5) is 26.3 Å². The van der Waals surface area contributed by atoms with Crippen molar-refractivity contribution in [2.45, 2.75) is 39.5 Å². The number of halogens is 6. The Balaban J connectivity index is 0.00000127. The lowest BCUT2D eigenvalue weighted by Crippen LogP contribution is -2.06. The lowest BCUT2D eigenvalue weighted by atomic mass is 10.1. The van der Waals surface area contributed by atoms with Gasteiger partial charge in [-0.2, -0.15) is 26.3 Å². The molecule has 23 heavy (non-hydrogen) atoms. The molecule has 1 aromatic carbocycles. The maximum atomic E-state index is 12.7. The van der Waals surface area contributed by atoms with Crippen LogP contribution < -0.4 is 0 Å². The van der Waals surface area contributed by atoms with Crippen molar-refractivity contribution in [1.29, 1.82) is 0 Å². The van der Waals surface area contributed by atoms with Crippen LogP contribution in [0.3, 0.4) is 0 Å². The van der Waals surface area contributed by atoms with Gasteiger partial charge in [-0.1, -0.05) is 26.8 Å². The summed E-state index contributed by atoms with van der Waals surface area (Å²) >= 11 is 0. The van der Waals surface area contributed by atoms with Gasteiger partial charge in [0.2, 0.25) is 11.7 Å². The highest BCUT2D eigenvalue weighted by Crippen LogP contribution is 2.37. The normalized spacial score (nSPS) is 11.9. The number of oxazole rings is 1. The molecule has 0 spiro atoms. The Labute approximate surface area is 129 Å². The molecule has 0 aliphatic heterocycles. The number of aryl methyl sites for hydroxylation is 1. The van der Waals surface area contributed by atoms with Crippen molar-refractivity contribution in [2.75, 3.05) is 0 Å². The van der Waals surface area contributed by atoms with E-state index in [1.54, 1.807) is 0 Å². The number of nitrogens with zero attached hydrogens (tertiary/aromatic N) is 1. The highest BCUT2D eigenvalue weighted by molar-refractivity contribution is 5.55. The molecule has 0 bridgehead atoms. The van der Waals surface area contributed by atoms with Gasteiger partial charge >= 0.3 is 12.4 Å². The van der Waals surface area contributed by atoms with E-state index in [1.807, 2.05) is 13.8 Å². The smallest absolute Gasteiger partial charge is 0.431 e. The molecule has 2 nitrogen and oxygen atoms in total. The standard InChI is InChI=1S/C13H9F6NO.C2H6/c1-2-9-10(13(17,18)19)21-11(20-9)7-4-3-5-8(6-7)12(14,15)16;1-2/h3-6H,2H2,1H3;1-2H3. The fraction of sp³-hybridized carbons (Fsp3) is 0.400. The van der Waals surface area contributed by atoms with Crippen LogP contribution in [0.1, 0.15) is 37.8 Å². The van der Waals surface area contributed by atoms with Gasteiger partial charge in [-0.25, -0.2) is 4.98 Å². The molecule has 8 heteroatoms. The Kier molecular flexibility index (Phi) is 5.85. The van der Waals surface area contributed by atoms with Crippen molar-refractivity contribution in [1.82, 2.24) is 4.98 Å². The van der Waals surface area contributed by atoms with E-state index in [0.717, 1.165) is 12.1 Å². The minimum absolute atomic E-state index is 0.0443. The largest absolute Gasteiger partial charge is 0.451 e. The Bertz CT molecular complexity index is 642. The van der Waals surface area contributed by atoms with Crippen LogP contribution in [0.15, 0.2) is 28.7 Å². The summed E-state index contributed by atoms with van der Waals surface area (Å²) < 4.78 is 80.6. The highest BCUT2D eigenvalue weighted by atomic mass is 19.4. The van der Waals surface area contributed by atoms with Crippen LogP contribution in [0, 0.1) is 0 Å². The first kappa shape index (κ1) is 19.1. The van der Waals surface area contributed by atoms with Gasteiger partial charge in [0, 0.05) is 5.56 Å². The van der Waals surface area contributed by atoms with Gasteiger partial charge in [0.25, 0.3) is 0 Å². The number of aromatic nitrogens is 1. The molecular weight excluding hydrogens is 324 g/mol. The number of hydrogen-bond donors (Lipinski definition) is 0. The molecule has 0 aliphatic carbocycles.